The summed E-state index contributed by atoms with van der Waals surface area (Å²) in [6.07, 6.45) is 2.71. The van der Waals surface area contributed by atoms with E-state index in [2.05, 4.69) is 11.6 Å². The van der Waals surface area contributed by atoms with Crippen molar-refractivity contribution in [3.8, 4) is 5.75 Å². The van der Waals surface area contributed by atoms with Gasteiger partial charge in [-0.1, -0.05) is 12.2 Å². The van der Waals surface area contributed by atoms with Gasteiger partial charge in [-0.15, -0.1) is 0 Å². The minimum atomic E-state index is -0.179. The van der Waals surface area contributed by atoms with Gasteiger partial charge < -0.3 is 10.0 Å². The molecule has 15 heavy (non-hydrogen) atoms. The smallest absolute Gasteiger partial charge is 0.255 e. The fraction of sp³-hybridized carbons (Fsp3) is 0.273. The quantitative estimate of drug-likeness (QED) is 0.761. The molecule has 1 N–H and O–H groups in total. The number of hydrogen-bond donors (Lipinski definition) is 1. The molecule has 1 rings (SSSR count). The summed E-state index contributed by atoms with van der Waals surface area (Å²) in [4.78, 5) is 17.0. The Bertz CT molecular complexity index is 388. The van der Waals surface area contributed by atoms with Crippen LogP contribution in [-0.4, -0.2) is 34.5 Å². The van der Waals surface area contributed by atoms with Crippen LogP contribution in [-0.2, 0) is 0 Å². The van der Waals surface area contributed by atoms with Crippen LogP contribution in [0.5, 0.6) is 5.75 Å². The minimum Gasteiger partial charge on any atom is -0.506 e. The van der Waals surface area contributed by atoms with Gasteiger partial charge in [-0.2, -0.15) is 0 Å². The largest absolute Gasteiger partial charge is 0.506 e. The van der Waals surface area contributed by atoms with E-state index in [0.717, 1.165) is 5.57 Å². The number of pyridine rings is 1. The molecule has 1 amide bonds. The summed E-state index contributed by atoms with van der Waals surface area (Å²) in [5.74, 6) is -0.189. The molecule has 0 aliphatic carbocycles. The Balaban J connectivity index is 2.80. The Morgan fingerprint density at radius 3 is 2.80 bits per heavy atom. The summed E-state index contributed by atoms with van der Waals surface area (Å²) in [7, 11) is 1.68. The SMILES string of the molecule is C=C(C)CN(C)C(=O)c1cncc(O)c1. The first-order valence-corrected chi connectivity index (χ1v) is 4.54. The van der Waals surface area contributed by atoms with Gasteiger partial charge in [0.1, 0.15) is 5.75 Å². The van der Waals surface area contributed by atoms with Crippen molar-refractivity contribution in [3.63, 3.8) is 0 Å². The molecular formula is C11H14N2O2. The predicted octanol–water partition coefficient (Wildman–Crippen LogP) is 1.44. The molecule has 0 saturated carbocycles. The van der Waals surface area contributed by atoms with Crippen LogP contribution in [0.25, 0.3) is 0 Å². The van der Waals surface area contributed by atoms with Gasteiger partial charge in [0.15, 0.2) is 0 Å². The molecule has 0 saturated heterocycles. The first kappa shape index (κ1) is 11.2. The summed E-state index contributed by atoms with van der Waals surface area (Å²) in [5, 5.41) is 9.17. The Labute approximate surface area is 88.9 Å². The van der Waals surface area contributed by atoms with Crippen LogP contribution >= 0.6 is 0 Å². The van der Waals surface area contributed by atoms with E-state index in [1.807, 2.05) is 6.92 Å². The van der Waals surface area contributed by atoms with Crippen LogP contribution < -0.4 is 0 Å². The molecule has 0 aliphatic rings. The van der Waals surface area contributed by atoms with Crippen molar-refractivity contribution in [1.29, 1.82) is 0 Å². The molecule has 0 unspecified atom stereocenters. The molecule has 0 atom stereocenters. The van der Waals surface area contributed by atoms with Crippen LogP contribution in [0.15, 0.2) is 30.6 Å². The zero-order valence-corrected chi connectivity index (χ0v) is 8.90. The molecule has 0 fully saturated rings. The van der Waals surface area contributed by atoms with E-state index in [1.54, 1.807) is 7.05 Å². The van der Waals surface area contributed by atoms with Crippen LogP contribution in [0.3, 0.4) is 0 Å². The van der Waals surface area contributed by atoms with Crippen molar-refractivity contribution in [2.45, 2.75) is 6.92 Å². The van der Waals surface area contributed by atoms with Crippen molar-refractivity contribution in [3.05, 3.63) is 36.2 Å². The van der Waals surface area contributed by atoms with E-state index >= 15 is 0 Å². The van der Waals surface area contributed by atoms with Gasteiger partial charge in [-0.25, -0.2) is 0 Å². The van der Waals surface area contributed by atoms with E-state index < -0.39 is 0 Å². The topological polar surface area (TPSA) is 53.4 Å². The molecule has 1 aromatic rings. The summed E-state index contributed by atoms with van der Waals surface area (Å²) >= 11 is 0. The third-order valence-electron chi connectivity index (χ3n) is 1.82. The highest BCUT2D eigenvalue weighted by atomic mass is 16.3. The number of nitrogens with zero attached hydrogens (tertiary/aromatic N) is 2. The second kappa shape index (κ2) is 4.59. The fourth-order valence-corrected chi connectivity index (χ4v) is 1.24. The predicted molar refractivity (Wildman–Crippen MR) is 57.7 cm³/mol. The Kier molecular flexibility index (Phi) is 3.44. The lowest BCUT2D eigenvalue weighted by Gasteiger charge is -2.16. The van der Waals surface area contributed by atoms with Crippen molar-refractivity contribution >= 4 is 5.91 Å². The maximum atomic E-state index is 11.8. The monoisotopic (exact) mass is 206 g/mol. The van der Waals surface area contributed by atoms with E-state index in [1.165, 1.54) is 23.4 Å². The molecule has 0 aromatic carbocycles. The van der Waals surface area contributed by atoms with Crippen molar-refractivity contribution in [1.82, 2.24) is 9.88 Å². The Hall–Kier alpha value is -1.84. The number of hydrogen-bond acceptors (Lipinski definition) is 3. The lowest BCUT2D eigenvalue weighted by atomic mass is 10.2. The standard InChI is InChI=1S/C11H14N2O2/c1-8(2)7-13(3)11(15)9-4-10(14)6-12-5-9/h4-6,14H,1,7H2,2-3H3. The minimum absolute atomic E-state index is 0.00965. The summed E-state index contributed by atoms with van der Waals surface area (Å²) < 4.78 is 0. The number of amides is 1. The number of likely N-dealkylation sites (N-methyl/N-ethyl adjacent to an activating group) is 1. The number of aromatic hydroxyl groups is 1. The molecule has 0 spiro atoms. The number of carbonyl (C=O) groups excluding carboxylic acids is 1. The van der Waals surface area contributed by atoms with Gasteiger partial charge in [0, 0.05) is 19.8 Å². The lowest BCUT2D eigenvalue weighted by Crippen LogP contribution is -2.28. The zero-order valence-electron chi connectivity index (χ0n) is 8.90. The van der Waals surface area contributed by atoms with Crippen molar-refractivity contribution in [2.24, 2.45) is 0 Å². The third-order valence-corrected chi connectivity index (χ3v) is 1.82. The number of carbonyl (C=O) groups is 1. The van der Waals surface area contributed by atoms with Gasteiger partial charge in [0.25, 0.3) is 5.91 Å². The second-order valence-electron chi connectivity index (χ2n) is 3.55. The lowest BCUT2D eigenvalue weighted by molar-refractivity contribution is 0.0806. The van der Waals surface area contributed by atoms with E-state index in [4.69, 9.17) is 0 Å². The van der Waals surface area contributed by atoms with Crippen LogP contribution in [0.2, 0.25) is 0 Å². The molecule has 1 aromatic heterocycles. The van der Waals surface area contributed by atoms with Crippen molar-refractivity contribution < 1.29 is 9.90 Å². The van der Waals surface area contributed by atoms with Crippen LogP contribution in [0, 0.1) is 0 Å². The van der Waals surface area contributed by atoms with Crippen LogP contribution in [0.1, 0.15) is 17.3 Å². The van der Waals surface area contributed by atoms with Crippen molar-refractivity contribution in [2.75, 3.05) is 13.6 Å². The first-order chi connectivity index (χ1) is 7.00. The molecule has 4 heteroatoms. The van der Waals surface area contributed by atoms with Gasteiger partial charge >= 0.3 is 0 Å². The highest BCUT2D eigenvalue weighted by Gasteiger charge is 2.12. The zero-order chi connectivity index (χ0) is 11.4. The van der Waals surface area contributed by atoms with E-state index in [9.17, 15) is 9.90 Å². The molecule has 1 heterocycles. The number of rotatable bonds is 3. The Morgan fingerprint density at radius 1 is 1.60 bits per heavy atom. The molecule has 4 nitrogen and oxygen atoms in total. The maximum Gasteiger partial charge on any atom is 0.255 e. The summed E-state index contributed by atoms with van der Waals surface area (Å²) in [6, 6.07) is 1.39. The summed E-state index contributed by atoms with van der Waals surface area (Å²) in [5.41, 5.74) is 1.28. The second-order valence-corrected chi connectivity index (χ2v) is 3.55. The highest BCUT2D eigenvalue weighted by molar-refractivity contribution is 5.94. The third kappa shape index (κ3) is 3.09. The number of aromatic nitrogens is 1. The molecular weight excluding hydrogens is 192 g/mol. The molecule has 80 valence electrons. The van der Waals surface area contributed by atoms with Crippen LogP contribution in [0.4, 0.5) is 0 Å². The first-order valence-electron chi connectivity index (χ1n) is 4.54. The van der Waals surface area contributed by atoms with Gasteiger partial charge in [-0.3, -0.25) is 9.78 Å². The van der Waals surface area contributed by atoms with Gasteiger partial charge in [0.2, 0.25) is 0 Å². The molecule has 0 radical (unpaired) electrons. The Morgan fingerprint density at radius 2 is 2.27 bits per heavy atom. The fourth-order valence-electron chi connectivity index (χ4n) is 1.24. The van der Waals surface area contributed by atoms with E-state index in [-0.39, 0.29) is 11.7 Å². The molecule has 0 bridgehead atoms. The summed E-state index contributed by atoms with van der Waals surface area (Å²) in [6.45, 7) is 6.08. The van der Waals surface area contributed by atoms with Gasteiger partial charge in [-0.05, 0) is 13.0 Å². The normalized spacial score (nSPS) is 9.73. The maximum absolute atomic E-state index is 11.8. The average molecular weight is 206 g/mol. The molecule has 0 aliphatic heterocycles. The van der Waals surface area contributed by atoms with Gasteiger partial charge in [0.05, 0.1) is 11.8 Å². The highest BCUT2D eigenvalue weighted by Crippen LogP contribution is 2.10. The average Bonchev–Trinajstić information content (AvgIpc) is 2.15. The van der Waals surface area contributed by atoms with E-state index in [0.29, 0.717) is 12.1 Å².